The molecule has 0 spiro atoms. The molecule has 3 aliphatic rings. The lowest BCUT2D eigenvalue weighted by Gasteiger charge is -2.39. The second kappa shape index (κ2) is 6.90. The fourth-order valence-corrected chi connectivity index (χ4v) is 4.13. The smallest absolute Gasteiger partial charge is 0.224 e. The molecule has 3 heterocycles. The third-order valence-electron chi connectivity index (χ3n) is 5.27. The van der Waals surface area contributed by atoms with E-state index < -0.39 is 0 Å². The first-order valence-corrected chi connectivity index (χ1v) is 8.60. The molecule has 3 saturated heterocycles. The molecule has 4 nitrogen and oxygen atoms in total. The third-order valence-corrected chi connectivity index (χ3v) is 5.27. The Bertz CT molecular complexity index is 322. The molecule has 2 atom stereocenters. The molecule has 1 N–H and O–H groups in total. The van der Waals surface area contributed by atoms with E-state index in [1.54, 1.807) is 0 Å². The van der Waals surface area contributed by atoms with Gasteiger partial charge in [0.25, 0.3) is 0 Å². The molecule has 2 unspecified atom stereocenters. The third kappa shape index (κ3) is 3.34. The van der Waals surface area contributed by atoms with E-state index >= 15 is 0 Å². The van der Waals surface area contributed by atoms with Crippen LogP contribution in [0.15, 0.2) is 0 Å². The van der Waals surface area contributed by atoms with Crippen LogP contribution in [0.3, 0.4) is 0 Å². The van der Waals surface area contributed by atoms with Crippen LogP contribution in [0.2, 0.25) is 0 Å². The predicted octanol–water partition coefficient (Wildman–Crippen LogP) is 1.61. The zero-order chi connectivity index (χ0) is 13.8. The summed E-state index contributed by atoms with van der Waals surface area (Å²) in [6, 6.07) is 1.03. The van der Waals surface area contributed by atoms with E-state index in [4.69, 9.17) is 0 Å². The van der Waals surface area contributed by atoms with Gasteiger partial charge in [0, 0.05) is 31.6 Å². The summed E-state index contributed by atoms with van der Waals surface area (Å²) in [5.74, 6) is 0.398. The lowest BCUT2D eigenvalue weighted by atomic mass is 9.94. The van der Waals surface area contributed by atoms with Crippen LogP contribution in [-0.2, 0) is 4.79 Å². The molecule has 3 fully saturated rings. The Balaban J connectivity index is 1.52. The lowest BCUT2D eigenvalue weighted by molar-refractivity contribution is -0.135. The van der Waals surface area contributed by atoms with Gasteiger partial charge in [-0.1, -0.05) is 0 Å². The zero-order valence-corrected chi connectivity index (χ0v) is 12.6. The van der Waals surface area contributed by atoms with Crippen LogP contribution in [-0.4, -0.2) is 60.5 Å². The number of rotatable bonds is 4. The van der Waals surface area contributed by atoms with Crippen molar-refractivity contribution in [2.24, 2.45) is 0 Å². The number of piperidine rings is 1. The summed E-state index contributed by atoms with van der Waals surface area (Å²) in [5, 5.41) is 3.60. The standard InChI is InChI=1S/C16H29N3O/c20-16(8-13-18-10-3-4-11-18)19-12-2-1-7-15(19)14-6-5-9-17-14/h14-15,17H,1-13H2. The van der Waals surface area contributed by atoms with Gasteiger partial charge in [-0.05, 0) is 64.6 Å². The van der Waals surface area contributed by atoms with E-state index in [-0.39, 0.29) is 0 Å². The van der Waals surface area contributed by atoms with Crippen LogP contribution in [0.5, 0.6) is 0 Å². The summed E-state index contributed by atoms with van der Waals surface area (Å²) in [5.41, 5.74) is 0. The van der Waals surface area contributed by atoms with Crippen molar-refractivity contribution in [2.45, 2.75) is 63.5 Å². The van der Waals surface area contributed by atoms with Crippen molar-refractivity contribution < 1.29 is 4.79 Å². The molecule has 0 aromatic carbocycles. The number of likely N-dealkylation sites (tertiary alicyclic amines) is 2. The summed E-state index contributed by atoms with van der Waals surface area (Å²) >= 11 is 0. The molecule has 0 aliphatic carbocycles. The minimum absolute atomic E-state index is 0.398. The number of amides is 1. The van der Waals surface area contributed by atoms with Crippen molar-refractivity contribution in [3.05, 3.63) is 0 Å². The summed E-state index contributed by atoms with van der Waals surface area (Å²) < 4.78 is 0. The number of hydrogen-bond donors (Lipinski definition) is 1. The Kier molecular flexibility index (Phi) is 4.94. The summed E-state index contributed by atoms with van der Waals surface area (Å²) in [4.78, 5) is 17.3. The second-order valence-electron chi connectivity index (χ2n) is 6.65. The fourth-order valence-electron chi connectivity index (χ4n) is 4.13. The number of nitrogens with one attached hydrogen (secondary N) is 1. The molecule has 3 rings (SSSR count). The Morgan fingerprint density at radius 1 is 1.00 bits per heavy atom. The average molecular weight is 279 g/mol. The topological polar surface area (TPSA) is 35.6 Å². The van der Waals surface area contributed by atoms with Crippen LogP contribution in [0.25, 0.3) is 0 Å². The highest BCUT2D eigenvalue weighted by molar-refractivity contribution is 5.77. The number of hydrogen-bond acceptors (Lipinski definition) is 3. The first kappa shape index (κ1) is 14.3. The molecule has 0 aromatic rings. The molecule has 114 valence electrons. The first-order valence-electron chi connectivity index (χ1n) is 8.60. The number of nitrogens with zero attached hydrogens (tertiary/aromatic N) is 2. The Hall–Kier alpha value is -0.610. The van der Waals surface area contributed by atoms with Crippen LogP contribution in [0.1, 0.15) is 51.4 Å². The quantitative estimate of drug-likeness (QED) is 0.849. The Morgan fingerprint density at radius 3 is 2.55 bits per heavy atom. The molecular weight excluding hydrogens is 250 g/mol. The minimum Gasteiger partial charge on any atom is -0.338 e. The molecule has 0 aromatic heterocycles. The van der Waals surface area contributed by atoms with E-state index in [1.807, 2.05) is 0 Å². The highest BCUT2D eigenvalue weighted by atomic mass is 16.2. The van der Waals surface area contributed by atoms with Crippen molar-refractivity contribution in [3.8, 4) is 0 Å². The van der Waals surface area contributed by atoms with Gasteiger partial charge in [0.1, 0.15) is 0 Å². The fraction of sp³-hybridized carbons (Fsp3) is 0.938. The summed E-state index contributed by atoms with van der Waals surface area (Å²) in [7, 11) is 0. The largest absolute Gasteiger partial charge is 0.338 e. The van der Waals surface area contributed by atoms with Crippen molar-refractivity contribution in [2.75, 3.05) is 32.7 Å². The lowest BCUT2D eigenvalue weighted by Crippen LogP contribution is -2.52. The van der Waals surface area contributed by atoms with Crippen LogP contribution >= 0.6 is 0 Å². The number of carbonyl (C=O) groups excluding carboxylic acids is 1. The molecule has 4 heteroatoms. The molecule has 1 amide bonds. The van der Waals surface area contributed by atoms with Crippen LogP contribution in [0.4, 0.5) is 0 Å². The number of carbonyl (C=O) groups is 1. The Morgan fingerprint density at radius 2 is 1.80 bits per heavy atom. The van der Waals surface area contributed by atoms with E-state index in [0.717, 1.165) is 26.1 Å². The van der Waals surface area contributed by atoms with Gasteiger partial charge in [-0.2, -0.15) is 0 Å². The molecule has 0 radical (unpaired) electrons. The maximum Gasteiger partial charge on any atom is 0.224 e. The molecule has 0 saturated carbocycles. The normalized spacial score (nSPS) is 31.9. The van der Waals surface area contributed by atoms with Crippen molar-refractivity contribution >= 4 is 5.91 Å². The average Bonchev–Trinajstić information content (AvgIpc) is 3.18. The minimum atomic E-state index is 0.398. The maximum atomic E-state index is 12.6. The van der Waals surface area contributed by atoms with Gasteiger partial charge >= 0.3 is 0 Å². The highest BCUT2D eigenvalue weighted by Crippen LogP contribution is 2.25. The van der Waals surface area contributed by atoms with E-state index in [1.165, 1.54) is 58.0 Å². The van der Waals surface area contributed by atoms with Gasteiger partial charge in [-0.25, -0.2) is 0 Å². The maximum absolute atomic E-state index is 12.6. The van der Waals surface area contributed by atoms with Crippen LogP contribution < -0.4 is 5.32 Å². The molecule has 20 heavy (non-hydrogen) atoms. The van der Waals surface area contributed by atoms with Gasteiger partial charge in [-0.3, -0.25) is 4.79 Å². The van der Waals surface area contributed by atoms with Crippen molar-refractivity contribution in [3.63, 3.8) is 0 Å². The van der Waals surface area contributed by atoms with Gasteiger partial charge < -0.3 is 15.1 Å². The van der Waals surface area contributed by atoms with Gasteiger partial charge in [0.2, 0.25) is 5.91 Å². The van der Waals surface area contributed by atoms with E-state index in [9.17, 15) is 4.79 Å². The van der Waals surface area contributed by atoms with Crippen LogP contribution in [0, 0.1) is 0 Å². The van der Waals surface area contributed by atoms with Gasteiger partial charge in [-0.15, -0.1) is 0 Å². The summed E-state index contributed by atoms with van der Waals surface area (Å²) in [6.07, 6.45) is 9.56. The zero-order valence-electron chi connectivity index (χ0n) is 12.6. The molecule has 3 aliphatic heterocycles. The molecule has 0 bridgehead atoms. The first-order chi connectivity index (χ1) is 9.84. The van der Waals surface area contributed by atoms with Gasteiger partial charge in [0.05, 0.1) is 0 Å². The van der Waals surface area contributed by atoms with Crippen molar-refractivity contribution in [1.29, 1.82) is 0 Å². The monoisotopic (exact) mass is 279 g/mol. The predicted molar refractivity (Wildman–Crippen MR) is 80.7 cm³/mol. The van der Waals surface area contributed by atoms with E-state index in [0.29, 0.717) is 18.0 Å². The molecular formula is C16H29N3O. The van der Waals surface area contributed by atoms with E-state index in [2.05, 4.69) is 15.1 Å². The van der Waals surface area contributed by atoms with Gasteiger partial charge in [0.15, 0.2) is 0 Å². The SMILES string of the molecule is O=C(CCN1CCCC1)N1CCCCC1C1CCCN1. The second-order valence-corrected chi connectivity index (χ2v) is 6.65. The van der Waals surface area contributed by atoms with Crippen molar-refractivity contribution in [1.82, 2.24) is 15.1 Å². The Labute approximate surface area is 122 Å². The highest BCUT2D eigenvalue weighted by Gasteiger charge is 2.34. The summed E-state index contributed by atoms with van der Waals surface area (Å²) in [6.45, 7) is 5.49.